The van der Waals surface area contributed by atoms with Crippen molar-refractivity contribution in [2.45, 2.75) is 19.4 Å². The van der Waals surface area contributed by atoms with Crippen molar-refractivity contribution in [2.75, 3.05) is 16.8 Å². The van der Waals surface area contributed by atoms with Gasteiger partial charge in [0.2, 0.25) is 16.9 Å². The van der Waals surface area contributed by atoms with Crippen LogP contribution in [0.25, 0.3) is 0 Å². The number of thiocarbonyl (C=S) groups is 1. The number of hydrazine groups is 1. The van der Waals surface area contributed by atoms with Crippen molar-refractivity contribution < 1.29 is 23.9 Å². The maximum atomic E-state index is 13.3. The first-order valence-electron chi connectivity index (χ1n) is 11.5. The van der Waals surface area contributed by atoms with Crippen molar-refractivity contribution in [2.24, 2.45) is 0 Å². The van der Waals surface area contributed by atoms with Crippen LogP contribution in [0.4, 0.5) is 11.4 Å². The molecule has 10 heteroatoms. The van der Waals surface area contributed by atoms with Gasteiger partial charge in [-0.2, -0.15) is 0 Å². The van der Waals surface area contributed by atoms with Crippen molar-refractivity contribution in [3.63, 3.8) is 0 Å². The summed E-state index contributed by atoms with van der Waals surface area (Å²) in [4.78, 5) is 52.6. The number of anilines is 2. The fourth-order valence-corrected chi connectivity index (χ4v) is 4.14. The number of hydrogen-bond donors (Lipinski definition) is 2. The first-order chi connectivity index (χ1) is 17.9. The predicted molar refractivity (Wildman–Crippen MR) is 142 cm³/mol. The monoisotopic (exact) mass is 516 g/mol. The van der Waals surface area contributed by atoms with Gasteiger partial charge in [0.05, 0.1) is 24.3 Å². The van der Waals surface area contributed by atoms with Crippen LogP contribution in [0, 0.1) is 0 Å². The van der Waals surface area contributed by atoms with Crippen LogP contribution in [-0.4, -0.2) is 46.5 Å². The highest BCUT2D eigenvalue weighted by Crippen LogP contribution is 2.25. The van der Waals surface area contributed by atoms with Gasteiger partial charge in [0.1, 0.15) is 6.04 Å². The number of benzene rings is 3. The molecule has 3 amide bonds. The molecule has 9 nitrogen and oxygen atoms in total. The molecule has 2 N–H and O–H groups in total. The Balaban J connectivity index is 1.59. The number of ether oxygens (including phenoxy) is 1. The Morgan fingerprint density at radius 3 is 2.16 bits per heavy atom. The fraction of sp³-hybridized carbons (Fsp3) is 0.148. The summed E-state index contributed by atoms with van der Waals surface area (Å²) in [5.41, 5.74) is 4.32. The highest BCUT2D eigenvalue weighted by Gasteiger charge is 2.42. The molecular formula is C27H24N4O5S. The Morgan fingerprint density at radius 2 is 1.54 bits per heavy atom. The van der Waals surface area contributed by atoms with Crippen LogP contribution in [0.3, 0.4) is 0 Å². The molecule has 0 unspecified atom stereocenters. The first-order valence-corrected chi connectivity index (χ1v) is 11.9. The van der Waals surface area contributed by atoms with Gasteiger partial charge in [-0.15, -0.1) is 0 Å². The quantitative estimate of drug-likeness (QED) is 0.365. The van der Waals surface area contributed by atoms with Crippen molar-refractivity contribution in [3.05, 3.63) is 96.1 Å². The van der Waals surface area contributed by atoms with Crippen LogP contribution in [0.5, 0.6) is 0 Å². The largest absolute Gasteiger partial charge is 0.462 e. The number of nitrogens with zero attached hydrogens (tertiary/aromatic N) is 2. The Kier molecular flexibility index (Phi) is 7.89. The van der Waals surface area contributed by atoms with Crippen LogP contribution in [0.2, 0.25) is 0 Å². The maximum Gasteiger partial charge on any atom is 0.338 e. The first kappa shape index (κ1) is 25.5. The van der Waals surface area contributed by atoms with Crippen LogP contribution in [-0.2, 0) is 14.3 Å². The number of amides is 3. The molecule has 0 aliphatic carbocycles. The zero-order valence-electron chi connectivity index (χ0n) is 19.9. The summed E-state index contributed by atoms with van der Waals surface area (Å²) in [7, 11) is 0. The molecule has 1 heterocycles. The number of carbonyl (C=O) groups is 4. The molecule has 1 atom stereocenters. The Bertz CT molecular complexity index is 1320. The second kappa shape index (κ2) is 11.4. The van der Waals surface area contributed by atoms with E-state index in [-0.39, 0.29) is 24.0 Å². The van der Waals surface area contributed by atoms with Crippen molar-refractivity contribution in [1.82, 2.24) is 10.4 Å². The minimum atomic E-state index is -1.11. The number of hydrogen-bond acceptors (Lipinski definition) is 6. The van der Waals surface area contributed by atoms with Crippen LogP contribution < -0.4 is 15.6 Å². The lowest BCUT2D eigenvalue weighted by molar-refractivity contribution is -0.127. The number of para-hydroxylation sites is 1. The van der Waals surface area contributed by atoms with E-state index in [2.05, 4.69) is 10.7 Å². The number of esters is 1. The molecule has 0 radical (unpaired) electrons. The summed E-state index contributed by atoms with van der Waals surface area (Å²) in [5, 5.41) is 3.93. The van der Waals surface area contributed by atoms with E-state index >= 15 is 0 Å². The van der Waals surface area contributed by atoms with Gasteiger partial charge in [-0.25, -0.2) is 9.80 Å². The lowest BCUT2D eigenvalue weighted by atomic mass is 10.1. The van der Waals surface area contributed by atoms with Gasteiger partial charge in [-0.3, -0.25) is 24.7 Å². The third kappa shape index (κ3) is 5.81. The minimum Gasteiger partial charge on any atom is -0.462 e. The number of carbonyl (C=O) groups excluding carboxylic acids is 4. The smallest absolute Gasteiger partial charge is 0.338 e. The summed E-state index contributed by atoms with van der Waals surface area (Å²) >= 11 is 5.59. The van der Waals surface area contributed by atoms with Gasteiger partial charge in [0, 0.05) is 11.3 Å². The minimum absolute atomic E-state index is 0.0375. The molecule has 1 fully saturated rings. The molecule has 0 spiro atoms. The SMILES string of the molecule is CCOC(=O)c1ccc(NC(=O)[C@H]2CC(=O)N(c3ccccc3)C(=S)N2NC(=O)c2ccccc2)cc1. The molecule has 1 saturated heterocycles. The average Bonchev–Trinajstić information content (AvgIpc) is 2.91. The van der Waals surface area contributed by atoms with E-state index in [0.717, 1.165) is 0 Å². The third-order valence-electron chi connectivity index (χ3n) is 5.57. The zero-order chi connectivity index (χ0) is 26.4. The third-order valence-corrected chi connectivity index (χ3v) is 5.94. The van der Waals surface area contributed by atoms with Gasteiger partial charge in [0.15, 0.2) is 0 Å². The molecule has 37 heavy (non-hydrogen) atoms. The van der Waals surface area contributed by atoms with Crippen molar-refractivity contribution in [3.8, 4) is 0 Å². The second-order valence-electron chi connectivity index (χ2n) is 8.03. The molecule has 0 saturated carbocycles. The maximum absolute atomic E-state index is 13.3. The molecular weight excluding hydrogens is 492 g/mol. The highest BCUT2D eigenvalue weighted by molar-refractivity contribution is 7.80. The molecule has 0 bridgehead atoms. The van der Waals surface area contributed by atoms with E-state index in [4.69, 9.17) is 17.0 Å². The lowest BCUT2D eigenvalue weighted by Crippen LogP contribution is -2.65. The Labute approximate surface area is 219 Å². The Morgan fingerprint density at radius 1 is 0.919 bits per heavy atom. The van der Waals surface area contributed by atoms with Gasteiger partial charge >= 0.3 is 5.97 Å². The van der Waals surface area contributed by atoms with Crippen LogP contribution >= 0.6 is 12.2 Å². The van der Waals surface area contributed by atoms with E-state index in [1.807, 2.05) is 0 Å². The molecule has 3 aromatic rings. The topological polar surface area (TPSA) is 108 Å². The average molecular weight is 517 g/mol. The van der Waals surface area contributed by atoms with Gasteiger partial charge in [-0.05, 0) is 67.7 Å². The highest BCUT2D eigenvalue weighted by atomic mass is 32.1. The van der Waals surface area contributed by atoms with Crippen LogP contribution in [0.1, 0.15) is 34.1 Å². The normalized spacial score (nSPS) is 15.2. The lowest BCUT2D eigenvalue weighted by Gasteiger charge is -2.41. The van der Waals surface area contributed by atoms with E-state index in [1.54, 1.807) is 79.7 Å². The summed E-state index contributed by atoms with van der Waals surface area (Å²) in [5.74, 6) is -1.90. The summed E-state index contributed by atoms with van der Waals surface area (Å²) < 4.78 is 4.97. The summed E-state index contributed by atoms with van der Waals surface area (Å²) in [6.45, 7) is 1.96. The van der Waals surface area contributed by atoms with Gasteiger partial charge in [0.25, 0.3) is 5.91 Å². The summed E-state index contributed by atoms with van der Waals surface area (Å²) in [6, 6.07) is 22.3. The summed E-state index contributed by atoms with van der Waals surface area (Å²) in [6.07, 6.45) is -0.239. The van der Waals surface area contributed by atoms with Crippen LogP contribution in [0.15, 0.2) is 84.9 Å². The Hall–Kier alpha value is -4.57. The molecule has 1 aliphatic rings. The number of rotatable bonds is 7. The van der Waals surface area contributed by atoms with E-state index < -0.39 is 23.8 Å². The van der Waals surface area contributed by atoms with E-state index in [0.29, 0.717) is 22.5 Å². The van der Waals surface area contributed by atoms with E-state index in [9.17, 15) is 19.2 Å². The number of nitrogens with one attached hydrogen (secondary N) is 2. The fourth-order valence-electron chi connectivity index (χ4n) is 3.76. The zero-order valence-corrected chi connectivity index (χ0v) is 20.7. The second-order valence-corrected chi connectivity index (χ2v) is 8.40. The van der Waals surface area contributed by atoms with Crippen molar-refractivity contribution in [1.29, 1.82) is 0 Å². The predicted octanol–water partition coefficient (Wildman–Crippen LogP) is 3.54. The van der Waals surface area contributed by atoms with Gasteiger partial charge in [-0.1, -0.05) is 36.4 Å². The molecule has 1 aliphatic heterocycles. The molecule has 4 rings (SSSR count). The van der Waals surface area contributed by atoms with E-state index in [1.165, 1.54) is 22.0 Å². The molecule has 188 valence electrons. The molecule has 3 aromatic carbocycles. The standard InChI is InChI=1S/C27H24N4O5S/c1-2-36-26(35)19-13-15-20(16-14-19)28-25(34)22-17-23(32)30(21-11-7-4-8-12-21)27(37)31(22)29-24(33)18-9-5-3-6-10-18/h3-16,22H,2,17H2,1H3,(H,28,34)(H,29,33)/t22-/m1/s1. The van der Waals surface area contributed by atoms with Crippen molar-refractivity contribution >= 4 is 52.4 Å². The molecule has 0 aromatic heterocycles. The van der Waals surface area contributed by atoms with Gasteiger partial charge < -0.3 is 10.1 Å².